The van der Waals surface area contributed by atoms with E-state index in [9.17, 15) is 9.18 Å². The molecule has 1 aliphatic heterocycles. The molecule has 3 rings (SSSR count). The summed E-state index contributed by atoms with van der Waals surface area (Å²) in [6.45, 7) is 4.76. The first kappa shape index (κ1) is 21.1. The molecule has 0 aliphatic carbocycles. The molecule has 2 aromatic carbocycles. The molecule has 1 saturated heterocycles. The number of amides is 1. The van der Waals surface area contributed by atoms with Gasteiger partial charge in [-0.3, -0.25) is 9.69 Å². The first-order valence-electron chi connectivity index (χ1n) is 10.1. The third-order valence-electron chi connectivity index (χ3n) is 5.14. The number of hydrogen-bond acceptors (Lipinski definition) is 4. The quantitative estimate of drug-likeness (QED) is 0.735. The number of ether oxygens (including phenoxy) is 2. The zero-order valence-electron chi connectivity index (χ0n) is 17.1. The molecular formula is C23H29FN2O3. The molecule has 2 atom stereocenters. The number of likely N-dealkylation sites (tertiary alicyclic amines) is 1. The van der Waals surface area contributed by atoms with Crippen LogP contribution in [-0.4, -0.2) is 43.7 Å². The number of halogens is 1. The Bertz CT molecular complexity index is 780. The molecule has 1 aliphatic rings. The minimum atomic E-state index is -0.226. The van der Waals surface area contributed by atoms with Gasteiger partial charge in [-0.05, 0) is 68.3 Å². The van der Waals surface area contributed by atoms with Crippen LogP contribution < -0.4 is 14.8 Å². The molecule has 0 aromatic heterocycles. The topological polar surface area (TPSA) is 50.8 Å². The number of piperidine rings is 1. The number of nitrogens with zero attached hydrogens (tertiary/aromatic N) is 1. The van der Waals surface area contributed by atoms with Crippen molar-refractivity contribution in [2.75, 3.05) is 26.8 Å². The Morgan fingerprint density at radius 3 is 2.55 bits per heavy atom. The number of carbonyl (C=O) groups is 1. The van der Waals surface area contributed by atoms with Crippen LogP contribution in [0.25, 0.3) is 0 Å². The van der Waals surface area contributed by atoms with Gasteiger partial charge in [-0.2, -0.15) is 0 Å². The van der Waals surface area contributed by atoms with Crippen LogP contribution >= 0.6 is 0 Å². The summed E-state index contributed by atoms with van der Waals surface area (Å²) in [4.78, 5) is 14.9. The van der Waals surface area contributed by atoms with Crippen LogP contribution in [0.4, 0.5) is 4.39 Å². The SMILES string of the molecule is COc1ccc(OC[C@H](C)NC(=O)[C@@H]2CCCN(Cc3ccc(F)cc3)C2)cc1. The lowest BCUT2D eigenvalue weighted by Crippen LogP contribution is -2.46. The number of hydrogen-bond donors (Lipinski definition) is 1. The van der Waals surface area contributed by atoms with Gasteiger partial charge in [0.2, 0.25) is 5.91 Å². The van der Waals surface area contributed by atoms with Crippen molar-refractivity contribution in [3.63, 3.8) is 0 Å². The highest BCUT2D eigenvalue weighted by atomic mass is 19.1. The molecule has 1 N–H and O–H groups in total. The Labute approximate surface area is 171 Å². The average Bonchev–Trinajstić information content (AvgIpc) is 2.74. The minimum absolute atomic E-state index is 0.0346. The molecule has 2 aromatic rings. The van der Waals surface area contributed by atoms with Gasteiger partial charge in [0, 0.05) is 13.1 Å². The highest BCUT2D eigenvalue weighted by Gasteiger charge is 2.26. The van der Waals surface area contributed by atoms with E-state index in [0.717, 1.165) is 49.5 Å². The Balaban J connectivity index is 1.44. The Kier molecular flexibility index (Phi) is 7.47. The normalized spacial score (nSPS) is 18.1. The molecule has 0 spiro atoms. The lowest BCUT2D eigenvalue weighted by atomic mass is 9.96. The van der Waals surface area contributed by atoms with E-state index >= 15 is 0 Å². The second-order valence-corrected chi connectivity index (χ2v) is 7.60. The number of methoxy groups -OCH3 is 1. The largest absolute Gasteiger partial charge is 0.497 e. The zero-order chi connectivity index (χ0) is 20.6. The number of rotatable bonds is 8. The van der Waals surface area contributed by atoms with Gasteiger partial charge in [-0.25, -0.2) is 4.39 Å². The molecule has 1 heterocycles. The van der Waals surface area contributed by atoms with E-state index in [0.29, 0.717) is 6.61 Å². The Hall–Kier alpha value is -2.60. The lowest BCUT2D eigenvalue weighted by molar-refractivity contribution is -0.127. The average molecular weight is 400 g/mol. The van der Waals surface area contributed by atoms with Gasteiger partial charge in [0.05, 0.1) is 19.1 Å². The van der Waals surface area contributed by atoms with Crippen molar-refractivity contribution in [1.29, 1.82) is 0 Å². The highest BCUT2D eigenvalue weighted by molar-refractivity contribution is 5.79. The molecule has 0 saturated carbocycles. The maximum Gasteiger partial charge on any atom is 0.224 e. The van der Waals surface area contributed by atoms with E-state index in [-0.39, 0.29) is 23.7 Å². The fourth-order valence-corrected chi connectivity index (χ4v) is 3.56. The van der Waals surface area contributed by atoms with Crippen molar-refractivity contribution in [1.82, 2.24) is 10.2 Å². The summed E-state index contributed by atoms with van der Waals surface area (Å²) in [6, 6.07) is 13.9. The standard InChI is InChI=1S/C23H29FN2O3/c1-17(16-29-22-11-9-21(28-2)10-12-22)25-23(27)19-4-3-13-26(15-19)14-18-5-7-20(24)8-6-18/h5-12,17,19H,3-4,13-16H2,1-2H3,(H,25,27)/t17-,19+/m0/s1. The summed E-state index contributed by atoms with van der Waals surface area (Å²) >= 11 is 0. The van der Waals surface area contributed by atoms with Crippen LogP contribution in [-0.2, 0) is 11.3 Å². The molecule has 5 nitrogen and oxygen atoms in total. The van der Waals surface area contributed by atoms with Gasteiger partial charge in [0.25, 0.3) is 0 Å². The van der Waals surface area contributed by atoms with Crippen molar-refractivity contribution in [2.24, 2.45) is 5.92 Å². The van der Waals surface area contributed by atoms with Crippen LogP contribution in [0, 0.1) is 11.7 Å². The first-order chi connectivity index (χ1) is 14.0. The fourth-order valence-electron chi connectivity index (χ4n) is 3.56. The number of carbonyl (C=O) groups excluding carboxylic acids is 1. The fraction of sp³-hybridized carbons (Fsp3) is 0.435. The van der Waals surface area contributed by atoms with E-state index in [1.165, 1.54) is 12.1 Å². The molecule has 29 heavy (non-hydrogen) atoms. The van der Waals surface area contributed by atoms with Crippen molar-refractivity contribution in [2.45, 2.75) is 32.4 Å². The van der Waals surface area contributed by atoms with Crippen molar-refractivity contribution in [3.8, 4) is 11.5 Å². The van der Waals surface area contributed by atoms with E-state index in [4.69, 9.17) is 9.47 Å². The van der Waals surface area contributed by atoms with Gasteiger partial charge < -0.3 is 14.8 Å². The molecule has 1 amide bonds. The molecule has 1 fully saturated rings. The maximum absolute atomic E-state index is 13.1. The highest BCUT2D eigenvalue weighted by Crippen LogP contribution is 2.20. The van der Waals surface area contributed by atoms with Crippen molar-refractivity contribution < 1.29 is 18.7 Å². The van der Waals surface area contributed by atoms with Gasteiger partial charge in [0.1, 0.15) is 23.9 Å². The van der Waals surface area contributed by atoms with E-state index in [1.54, 1.807) is 19.2 Å². The molecular weight excluding hydrogens is 371 g/mol. The first-order valence-corrected chi connectivity index (χ1v) is 10.1. The van der Waals surface area contributed by atoms with Crippen LogP contribution in [0.2, 0.25) is 0 Å². The second-order valence-electron chi connectivity index (χ2n) is 7.60. The second kappa shape index (κ2) is 10.3. The van der Waals surface area contributed by atoms with Gasteiger partial charge in [-0.15, -0.1) is 0 Å². The Morgan fingerprint density at radius 1 is 1.17 bits per heavy atom. The predicted octanol–water partition coefficient (Wildman–Crippen LogP) is 3.63. The van der Waals surface area contributed by atoms with Crippen LogP contribution in [0.1, 0.15) is 25.3 Å². The van der Waals surface area contributed by atoms with Crippen molar-refractivity contribution >= 4 is 5.91 Å². The van der Waals surface area contributed by atoms with E-state index in [1.807, 2.05) is 31.2 Å². The molecule has 0 bridgehead atoms. The summed E-state index contributed by atoms with van der Waals surface area (Å²) in [5, 5.41) is 3.07. The predicted molar refractivity (Wildman–Crippen MR) is 110 cm³/mol. The molecule has 0 unspecified atom stereocenters. The van der Waals surface area contributed by atoms with E-state index in [2.05, 4.69) is 10.2 Å². The summed E-state index contributed by atoms with van der Waals surface area (Å²) in [7, 11) is 1.62. The van der Waals surface area contributed by atoms with Crippen LogP contribution in [0.15, 0.2) is 48.5 Å². The van der Waals surface area contributed by atoms with Crippen molar-refractivity contribution in [3.05, 3.63) is 59.9 Å². The van der Waals surface area contributed by atoms with E-state index < -0.39 is 0 Å². The van der Waals surface area contributed by atoms with Gasteiger partial charge in [0.15, 0.2) is 0 Å². The van der Waals surface area contributed by atoms with Gasteiger partial charge in [-0.1, -0.05) is 12.1 Å². The van der Waals surface area contributed by atoms with Crippen LogP contribution in [0.5, 0.6) is 11.5 Å². The van der Waals surface area contributed by atoms with Crippen LogP contribution in [0.3, 0.4) is 0 Å². The lowest BCUT2D eigenvalue weighted by Gasteiger charge is -2.32. The smallest absolute Gasteiger partial charge is 0.224 e. The Morgan fingerprint density at radius 2 is 1.86 bits per heavy atom. The molecule has 6 heteroatoms. The number of nitrogens with one attached hydrogen (secondary N) is 1. The minimum Gasteiger partial charge on any atom is -0.497 e. The van der Waals surface area contributed by atoms with Gasteiger partial charge >= 0.3 is 0 Å². The molecule has 0 radical (unpaired) electrons. The summed E-state index contributed by atoms with van der Waals surface area (Å²) in [5.74, 6) is 1.33. The summed E-state index contributed by atoms with van der Waals surface area (Å²) in [5.41, 5.74) is 1.06. The summed E-state index contributed by atoms with van der Waals surface area (Å²) < 4.78 is 24.0. The zero-order valence-corrected chi connectivity index (χ0v) is 17.1. The third-order valence-corrected chi connectivity index (χ3v) is 5.14. The number of benzene rings is 2. The monoisotopic (exact) mass is 400 g/mol. The summed E-state index contributed by atoms with van der Waals surface area (Å²) in [6.07, 6.45) is 1.87. The molecule has 156 valence electrons. The third kappa shape index (κ3) is 6.46. The maximum atomic E-state index is 13.1.